The molecule has 0 spiro atoms. The first-order valence-electron chi connectivity index (χ1n) is 8.56. The van der Waals surface area contributed by atoms with Crippen LogP contribution in [0.3, 0.4) is 0 Å². The summed E-state index contributed by atoms with van der Waals surface area (Å²) in [4.78, 5) is 18.3. The smallest absolute Gasteiger partial charge is 0.283 e. The van der Waals surface area contributed by atoms with E-state index < -0.39 is 0 Å². The van der Waals surface area contributed by atoms with Crippen molar-refractivity contribution in [3.8, 4) is 11.4 Å². The molecular weight excluding hydrogens is 360 g/mol. The number of aromatic nitrogens is 1. The van der Waals surface area contributed by atoms with Crippen LogP contribution in [-0.4, -0.2) is 33.0 Å². The minimum atomic E-state index is -0.388. The molecule has 0 saturated heterocycles. The number of carbonyl (C=O) groups is 1. The largest absolute Gasteiger partial charge is 0.494 e. The minimum absolute atomic E-state index is 0.156. The van der Waals surface area contributed by atoms with Gasteiger partial charge in [-0.2, -0.15) is 4.99 Å². The molecule has 1 N–H and O–H groups in total. The van der Waals surface area contributed by atoms with E-state index in [1.807, 2.05) is 66.4 Å². The summed E-state index contributed by atoms with van der Waals surface area (Å²) in [5, 5.41) is 10.9. The summed E-state index contributed by atoms with van der Waals surface area (Å²) >= 11 is 1.37. The van der Waals surface area contributed by atoms with Crippen LogP contribution in [0.5, 0.6) is 5.75 Å². The van der Waals surface area contributed by atoms with Gasteiger partial charge in [-0.05, 0) is 61.7 Å². The molecule has 4 rings (SSSR count). The van der Waals surface area contributed by atoms with Crippen molar-refractivity contribution in [2.75, 3.05) is 6.61 Å². The number of amides is 1. The van der Waals surface area contributed by atoms with Crippen molar-refractivity contribution in [2.24, 2.45) is 4.99 Å². The lowest BCUT2D eigenvalue weighted by Gasteiger charge is -2.25. The molecule has 1 aromatic heterocycles. The molecule has 7 heteroatoms. The van der Waals surface area contributed by atoms with Gasteiger partial charge in [0.15, 0.2) is 5.17 Å². The molecule has 1 aromatic carbocycles. The van der Waals surface area contributed by atoms with Crippen LogP contribution in [0.2, 0.25) is 0 Å². The van der Waals surface area contributed by atoms with Gasteiger partial charge < -0.3 is 9.30 Å². The van der Waals surface area contributed by atoms with E-state index in [9.17, 15) is 4.79 Å². The topological polar surface area (TPSA) is 70.7 Å². The third-order valence-corrected chi connectivity index (χ3v) is 5.23. The van der Waals surface area contributed by atoms with E-state index in [4.69, 9.17) is 10.1 Å². The Labute approximate surface area is 161 Å². The number of allylic oxidation sites excluding steroid dienone is 1. The molecule has 6 nitrogen and oxygen atoms in total. The number of aliphatic imine (C=N–C) groups is 1. The lowest BCUT2D eigenvalue weighted by molar-refractivity contribution is -0.114. The van der Waals surface area contributed by atoms with Crippen LogP contribution in [0.1, 0.15) is 19.5 Å². The monoisotopic (exact) mass is 378 g/mol. The van der Waals surface area contributed by atoms with Crippen molar-refractivity contribution in [3.05, 3.63) is 65.0 Å². The Balaban J connectivity index is 1.69. The molecule has 0 radical (unpaired) electrons. The molecule has 1 amide bonds. The standard InChI is InChI=1S/C20H18N4O2S/c1-3-26-16-8-6-14(7-9-16)23-10-4-5-15(23)11-17-18(21)24-13(2)12-27-20(24)22-19(17)25/h4-12,21H,3H2,1-2H3/b17-11-,21-18?. The molecule has 136 valence electrons. The van der Waals surface area contributed by atoms with E-state index in [1.165, 1.54) is 11.8 Å². The second kappa shape index (κ2) is 6.92. The first-order chi connectivity index (χ1) is 13.1. The third-order valence-electron chi connectivity index (χ3n) is 4.28. The normalized spacial score (nSPS) is 17.9. The van der Waals surface area contributed by atoms with Gasteiger partial charge in [0, 0.05) is 23.3 Å². The van der Waals surface area contributed by atoms with E-state index in [2.05, 4.69) is 4.99 Å². The van der Waals surface area contributed by atoms with Crippen molar-refractivity contribution >= 4 is 34.7 Å². The average molecular weight is 378 g/mol. The molecule has 2 aromatic rings. The highest BCUT2D eigenvalue weighted by Crippen LogP contribution is 2.32. The average Bonchev–Trinajstić information content (AvgIpc) is 3.26. The fourth-order valence-corrected chi connectivity index (χ4v) is 3.86. The molecule has 2 aliphatic heterocycles. The number of nitrogens with one attached hydrogen (secondary N) is 1. The summed E-state index contributed by atoms with van der Waals surface area (Å²) in [5.41, 5.74) is 2.92. The Hall–Kier alpha value is -3.06. The molecule has 0 atom stereocenters. The quantitative estimate of drug-likeness (QED) is 0.815. The minimum Gasteiger partial charge on any atom is -0.494 e. The van der Waals surface area contributed by atoms with Crippen LogP contribution >= 0.6 is 11.8 Å². The van der Waals surface area contributed by atoms with E-state index >= 15 is 0 Å². The number of amidine groups is 2. The maximum absolute atomic E-state index is 12.5. The van der Waals surface area contributed by atoms with Crippen LogP contribution in [0.15, 0.2) is 64.3 Å². The molecule has 0 saturated carbocycles. The summed E-state index contributed by atoms with van der Waals surface area (Å²) in [6.07, 6.45) is 3.64. The van der Waals surface area contributed by atoms with Crippen LogP contribution < -0.4 is 4.74 Å². The summed E-state index contributed by atoms with van der Waals surface area (Å²) in [6, 6.07) is 11.6. The number of ether oxygens (including phenoxy) is 1. The number of hydrogen-bond acceptors (Lipinski definition) is 4. The van der Waals surface area contributed by atoms with E-state index in [-0.39, 0.29) is 17.3 Å². The maximum atomic E-state index is 12.5. The van der Waals surface area contributed by atoms with Crippen LogP contribution in [0.25, 0.3) is 11.8 Å². The fourth-order valence-electron chi connectivity index (χ4n) is 3.01. The Kier molecular flexibility index (Phi) is 4.45. The predicted molar refractivity (Wildman–Crippen MR) is 108 cm³/mol. The maximum Gasteiger partial charge on any atom is 0.283 e. The number of thioether (sulfide) groups is 1. The summed E-state index contributed by atoms with van der Waals surface area (Å²) in [6.45, 7) is 4.47. The van der Waals surface area contributed by atoms with Gasteiger partial charge in [0.2, 0.25) is 0 Å². The second-order valence-corrected chi connectivity index (χ2v) is 6.89. The predicted octanol–water partition coefficient (Wildman–Crippen LogP) is 4.04. The first-order valence-corrected chi connectivity index (χ1v) is 9.44. The van der Waals surface area contributed by atoms with Gasteiger partial charge in [0.05, 0.1) is 12.2 Å². The highest BCUT2D eigenvalue weighted by atomic mass is 32.2. The SMILES string of the molecule is CCOc1ccc(-n2cccc2/C=C2/C(=N)N3C(C)=CSC3=NC2=O)cc1. The van der Waals surface area contributed by atoms with Crippen molar-refractivity contribution < 1.29 is 9.53 Å². The Morgan fingerprint density at radius 3 is 2.78 bits per heavy atom. The third kappa shape index (κ3) is 3.10. The lowest BCUT2D eigenvalue weighted by atomic mass is 10.1. The van der Waals surface area contributed by atoms with Crippen molar-refractivity contribution in [1.82, 2.24) is 9.47 Å². The van der Waals surface area contributed by atoms with Crippen LogP contribution in [0, 0.1) is 5.41 Å². The highest BCUT2D eigenvalue weighted by molar-refractivity contribution is 8.16. The lowest BCUT2D eigenvalue weighted by Crippen LogP contribution is -2.37. The fraction of sp³-hybridized carbons (Fsp3) is 0.150. The summed E-state index contributed by atoms with van der Waals surface area (Å²) in [7, 11) is 0. The summed E-state index contributed by atoms with van der Waals surface area (Å²) in [5.74, 6) is 0.581. The molecule has 0 fully saturated rings. The molecule has 0 bridgehead atoms. The number of fused-ring (bicyclic) bond motifs is 1. The highest BCUT2D eigenvalue weighted by Gasteiger charge is 2.34. The Morgan fingerprint density at radius 1 is 1.26 bits per heavy atom. The first kappa shape index (κ1) is 17.4. The van der Waals surface area contributed by atoms with E-state index in [0.717, 1.165) is 22.8 Å². The van der Waals surface area contributed by atoms with Gasteiger partial charge in [-0.25, -0.2) is 0 Å². The van der Waals surface area contributed by atoms with Gasteiger partial charge in [-0.15, -0.1) is 0 Å². The van der Waals surface area contributed by atoms with Gasteiger partial charge in [-0.1, -0.05) is 11.8 Å². The Morgan fingerprint density at radius 2 is 2.04 bits per heavy atom. The molecular formula is C20H18N4O2S. The molecule has 3 heterocycles. The van der Waals surface area contributed by atoms with Gasteiger partial charge in [-0.3, -0.25) is 15.1 Å². The molecule has 0 aliphatic carbocycles. The summed E-state index contributed by atoms with van der Waals surface area (Å²) < 4.78 is 7.45. The number of carbonyl (C=O) groups excluding carboxylic acids is 1. The van der Waals surface area contributed by atoms with Crippen LogP contribution in [0.4, 0.5) is 0 Å². The second-order valence-electron chi connectivity index (χ2n) is 6.05. The van der Waals surface area contributed by atoms with Gasteiger partial charge in [0.1, 0.15) is 11.6 Å². The van der Waals surface area contributed by atoms with Gasteiger partial charge in [0.25, 0.3) is 5.91 Å². The molecule has 2 aliphatic rings. The molecule has 0 unspecified atom stereocenters. The Bertz CT molecular complexity index is 1010. The van der Waals surface area contributed by atoms with Crippen LogP contribution in [-0.2, 0) is 4.79 Å². The zero-order valence-electron chi connectivity index (χ0n) is 15.0. The van der Waals surface area contributed by atoms with Crippen molar-refractivity contribution in [3.63, 3.8) is 0 Å². The van der Waals surface area contributed by atoms with Crippen molar-refractivity contribution in [1.29, 1.82) is 5.41 Å². The number of rotatable bonds is 4. The van der Waals surface area contributed by atoms with E-state index in [0.29, 0.717) is 11.8 Å². The number of benzene rings is 1. The molecule has 27 heavy (non-hydrogen) atoms. The number of nitrogens with zero attached hydrogens (tertiary/aromatic N) is 3. The van der Waals surface area contributed by atoms with Crippen molar-refractivity contribution in [2.45, 2.75) is 13.8 Å². The van der Waals surface area contributed by atoms with E-state index in [1.54, 1.807) is 11.0 Å². The zero-order chi connectivity index (χ0) is 19.0. The zero-order valence-corrected chi connectivity index (χ0v) is 15.8. The number of hydrogen-bond donors (Lipinski definition) is 1. The van der Waals surface area contributed by atoms with Gasteiger partial charge >= 0.3 is 0 Å².